The Hall–Kier alpha value is -2.27. The van der Waals surface area contributed by atoms with Crippen LogP contribution in [0.25, 0.3) is 0 Å². The average molecular weight is 259 g/mol. The smallest absolute Gasteiger partial charge is 0.192 e. The quantitative estimate of drug-likeness (QED) is 0.748. The third-order valence-electron chi connectivity index (χ3n) is 2.69. The second-order valence-electron chi connectivity index (χ2n) is 3.93. The minimum Gasteiger partial charge on any atom is -0.497 e. The first kappa shape index (κ1) is 13.2. The number of benzene rings is 1. The van der Waals surface area contributed by atoms with E-state index in [2.05, 4.69) is 4.99 Å². The molecule has 1 aliphatic heterocycles. The van der Waals surface area contributed by atoms with Crippen molar-refractivity contribution in [3.63, 3.8) is 0 Å². The van der Waals surface area contributed by atoms with Gasteiger partial charge >= 0.3 is 0 Å². The van der Waals surface area contributed by atoms with Crippen LogP contribution in [0.1, 0.15) is 5.56 Å². The first-order valence-electron chi connectivity index (χ1n) is 5.72. The highest BCUT2D eigenvalue weighted by Crippen LogP contribution is 2.14. The Bertz CT molecular complexity index is 531. The average Bonchev–Trinajstić information content (AvgIpc) is 2.46. The van der Waals surface area contributed by atoms with E-state index in [9.17, 15) is 9.59 Å². The molecule has 0 bridgehead atoms. The van der Waals surface area contributed by atoms with Gasteiger partial charge in [-0.25, -0.2) is 0 Å². The van der Waals surface area contributed by atoms with E-state index in [1.54, 1.807) is 19.2 Å². The summed E-state index contributed by atoms with van der Waals surface area (Å²) in [5, 5.41) is 0. The Kier molecular flexibility index (Phi) is 4.20. The summed E-state index contributed by atoms with van der Waals surface area (Å²) < 4.78 is 10.5. The van der Waals surface area contributed by atoms with E-state index in [0.29, 0.717) is 6.29 Å². The molecule has 1 aromatic rings. The van der Waals surface area contributed by atoms with Gasteiger partial charge in [0.1, 0.15) is 11.5 Å². The van der Waals surface area contributed by atoms with Crippen LogP contribution in [0.2, 0.25) is 0 Å². The molecule has 0 amide bonds. The van der Waals surface area contributed by atoms with Crippen molar-refractivity contribution in [2.24, 2.45) is 4.99 Å². The molecular weight excluding hydrogens is 246 g/mol. The molecule has 1 atom stereocenters. The molecule has 2 rings (SSSR count). The fourth-order valence-electron chi connectivity index (χ4n) is 1.66. The number of nitrogens with zero attached hydrogens (tertiary/aromatic N) is 1. The standard InChI is InChI=1S/C14H13NO4/c1-18-11-4-2-10(3-5-11)9-19-14-12(8-16)15-7-6-13(14)17/h2-8,14H,9H2,1H3. The second-order valence-corrected chi connectivity index (χ2v) is 3.93. The fourth-order valence-corrected chi connectivity index (χ4v) is 1.66. The normalized spacial score (nSPS) is 18.1. The van der Waals surface area contributed by atoms with E-state index in [-0.39, 0.29) is 18.1 Å². The van der Waals surface area contributed by atoms with Crippen LogP contribution in [-0.2, 0) is 20.9 Å². The van der Waals surface area contributed by atoms with E-state index < -0.39 is 6.10 Å². The van der Waals surface area contributed by atoms with Crippen molar-refractivity contribution < 1.29 is 19.1 Å². The summed E-state index contributed by atoms with van der Waals surface area (Å²) >= 11 is 0. The van der Waals surface area contributed by atoms with Crippen molar-refractivity contribution in [3.05, 3.63) is 42.1 Å². The highest BCUT2D eigenvalue weighted by atomic mass is 16.5. The summed E-state index contributed by atoms with van der Waals surface area (Å²) in [6.45, 7) is 0.223. The minimum absolute atomic E-state index is 0.0982. The van der Waals surface area contributed by atoms with Crippen molar-refractivity contribution in [3.8, 4) is 5.75 Å². The van der Waals surface area contributed by atoms with Crippen LogP contribution in [0, 0.1) is 0 Å². The van der Waals surface area contributed by atoms with Gasteiger partial charge in [0.25, 0.3) is 0 Å². The molecule has 0 saturated carbocycles. The van der Waals surface area contributed by atoms with Crippen molar-refractivity contribution in [1.29, 1.82) is 0 Å². The zero-order valence-corrected chi connectivity index (χ0v) is 10.4. The van der Waals surface area contributed by atoms with E-state index in [1.807, 2.05) is 12.1 Å². The molecule has 0 saturated heterocycles. The number of aliphatic imine (C=N–C) groups is 1. The number of ether oxygens (including phenoxy) is 2. The number of carbonyl (C=O) groups excluding carboxylic acids is 2. The van der Waals surface area contributed by atoms with Crippen LogP contribution in [0.5, 0.6) is 5.75 Å². The summed E-state index contributed by atoms with van der Waals surface area (Å²) in [7, 11) is 1.59. The van der Waals surface area contributed by atoms with Crippen molar-refractivity contribution in [2.75, 3.05) is 7.11 Å². The molecule has 5 nitrogen and oxygen atoms in total. The van der Waals surface area contributed by atoms with E-state index >= 15 is 0 Å². The lowest BCUT2D eigenvalue weighted by molar-refractivity contribution is -0.123. The Labute approximate surface area is 110 Å². The van der Waals surface area contributed by atoms with Gasteiger partial charge in [-0.3, -0.25) is 14.6 Å². The van der Waals surface area contributed by atoms with Crippen LogP contribution in [0.3, 0.4) is 0 Å². The Morgan fingerprint density at radius 3 is 2.68 bits per heavy atom. The lowest BCUT2D eigenvalue weighted by Crippen LogP contribution is -2.34. The van der Waals surface area contributed by atoms with Gasteiger partial charge in [-0.15, -0.1) is 0 Å². The van der Waals surface area contributed by atoms with Crippen LogP contribution in [-0.4, -0.2) is 31.0 Å². The lowest BCUT2D eigenvalue weighted by Gasteiger charge is -2.16. The van der Waals surface area contributed by atoms with Crippen molar-refractivity contribution in [1.82, 2.24) is 0 Å². The molecule has 0 spiro atoms. The summed E-state index contributed by atoms with van der Waals surface area (Å²) in [6, 6.07) is 7.27. The number of methoxy groups -OCH3 is 1. The minimum atomic E-state index is -0.912. The molecule has 0 radical (unpaired) electrons. The number of hydrogen-bond acceptors (Lipinski definition) is 5. The molecule has 5 heteroatoms. The molecule has 0 aromatic heterocycles. The summed E-state index contributed by atoms with van der Waals surface area (Å²) in [4.78, 5) is 26.2. The van der Waals surface area contributed by atoms with Crippen molar-refractivity contribution >= 4 is 17.8 Å². The molecule has 1 unspecified atom stereocenters. The summed E-state index contributed by atoms with van der Waals surface area (Å²) in [5.74, 6) is 0.473. The predicted octanol–water partition coefficient (Wildman–Crippen LogP) is 1.32. The second kappa shape index (κ2) is 6.06. The molecule has 0 aliphatic carbocycles. The third-order valence-corrected chi connectivity index (χ3v) is 2.69. The Morgan fingerprint density at radius 1 is 1.32 bits per heavy atom. The maximum atomic E-state index is 11.6. The third kappa shape index (κ3) is 3.14. The lowest BCUT2D eigenvalue weighted by atomic mass is 10.1. The van der Waals surface area contributed by atoms with Gasteiger partial charge in [-0.2, -0.15) is 0 Å². The number of rotatable bonds is 5. The number of carbonyl (C=O) groups is 2. The first-order valence-corrected chi connectivity index (χ1v) is 5.72. The molecule has 1 heterocycles. The molecule has 0 N–H and O–H groups in total. The largest absolute Gasteiger partial charge is 0.497 e. The van der Waals surface area contributed by atoms with Crippen LogP contribution < -0.4 is 4.74 Å². The van der Waals surface area contributed by atoms with Gasteiger partial charge in [0, 0.05) is 12.3 Å². The fraction of sp³-hybridized carbons (Fsp3) is 0.214. The highest BCUT2D eigenvalue weighted by molar-refractivity contribution is 6.37. The van der Waals surface area contributed by atoms with E-state index in [4.69, 9.17) is 9.47 Å². The van der Waals surface area contributed by atoms with E-state index in [0.717, 1.165) is 11.3 Å². The highest BCUT2D eigenvalue weighted by Gasteiger charge is 2.25. The summed E-state index contributed by atoms with van der Waals surface area (Å²) in [6.07, 6.45) is 2.23. The van der Waals surface area contributed by atoms with Crippen LogP contribution in [0.4, 0.5) is 0 Å². The Morgan fingerprint density at radius 2 is 2.05 bits per heavy atom. The van der Waals surface area contributed by atoms with Gasteiger partial charge in [0.05, 0.1) is 13.7 Å². The molecule has 19 heavy (non-hydrogen) atoms. The van der Waals surface area contributed by atoms with Crippen LogP contribution in [0.15, 0.2) is 41.5 Å². The zero-order chi connectivity index (χ0) is 13.7. The maximum absolute atomic E-state index is 11.6. The van der Waals surface area contributed by atoms with Gasteiger partial charge in [0.2, 0.25) is 0 Å². The zero-order valence-electron chi connectivity index (χ0n) is 10.4. The molecular formula is C14H13NO4. The van der Waals surface area contributed by atoms with Gasteiger partial charge in [0.15, 0.2) is 18.2 Å². The molecule has 1 aliphatic rings. The number of aldehydes is 1. The Balaban J connectivity index is 2.01. The maximum Gasteiger partial charge on any atom is 0.192 e. The predicted molar refractivity (Wildman–Crippen MR) is 69.2 cm³/mol. The SMILES string of the molecule is COc1ccc(COC2C(=O)C=CN=C2C=O)cc1. The number of hydrogen-bond donors (Lipinski definition) is 0. The molecule has 0 fully saturated rings. The van der Waals surface area contributed by atoms with Gasteiger partial charge in [-0.1, -0.05) is 12.1 Å². The van der Waals surface area contributed by atoms with Crippen LogP contribution >= 0.6 is 0 Å². The first-order chi connectivity index (χ1) is 9.24. The molecule has 1 aromatic carbocycles. The van der Waals surface area contributed by atoms with Crippen molar-refractivity contribution in [2.45, 2.75) is 12.7 Å². The topological polar surface area (TPSA) is 65.0 Å². The van der Waals surface area contributed by atoms with E-state index in [1.165, 1.54) is 12.3 Å². The number of ketones is 1. The van der Waals surface area contributed by atoms with Gasteiger partial charge < -0.3 is 9.47 Å². The molecule has 98 valence electrons. The van der Waals surface area contributed by atoms with Gasteiger partial charge in [-0.05, 0) is 17.7 Å². The summed E-state index contributed by atoms with van der Waals surface area (Å²) in [5.41, 5.74) is 0.981. The monoisotopic (exact) mass is 259 g/mol.